The fourth-order valence-electron chi connectivity index (χ4n) is 2.47. The number of ether oxygens (including phenoxy) is 2. The average molecular weight is 375 g/mol. The van der Waals surface area contributed by atoms with Crippen LogP contribution in [-0.4, -0.2) is 19.7 Å². The topological polar surface area (TPSA) is 35.5 Å². The van der Waals surface area contributed by atoms with Crippen molar-refractivity contribution in [2.24, 2.45) is 0 Å². The summed E-state index contributed by atoms with van der Waals surface area (Å²) in [6.45, 7) is 12.5. The minimum absolute atomic E-state index is 0.120. The zero-order valence-corrected chi connectivity index (χ0v) is 17.7. The van der Waals surface area contributed by atoms with E-state index in [1.807, 2.05) is 25.2 Å². The van der Waals surface area contributed by atoms with Crippen molar-refractivity contribution in [3.8, 4) is 0 Å². The minimum atomic E-state index is -0.306. The number of carbonyl (C=O) groups excluding carboxylic acids is 1. The second-order valence-corrected chi connectivity index (χ2v) is 7.44. The summed E-state index contributed by atoms with van der Waals surface area (Å²) >= 11 is 1.80. The average Bonchev–Trinajstić information content (AvgIpc) is 2.86. The summed E-state index contributed by atoms with van der Waals surface area (Å²) in [5, 5.41) is 0. The fraction of sp³-hybridized carbons (Fsp3) is 0.409. The molecular weight excluding hydrogens is 344 g/mol. The Morgan fingerprint density at radius 2 is 1.88 bits per heavy atom. The summed E-state index contributed by atoms with van der Waals surface area (Å²) in [5.41, 5.74) is 4.55. The number of hydrogen-bond acceptors (Lipinski definition) is 4. The number of esters is 1. The molecule has 1 heterocycles. The second kappa shape index (κ2) is 10.9. The molecule has 1 unspecified atom stereocenters. The van der Waals surface area contributed by atoms with E-state index in [0.717, 1.165) is 11.1 Å². The van der Waals surface area contributed by atoms with Gasteiger partial charge in [-0.3, -0.25) is 0 Å². The molecule has 0 aliphatic rings. The third-order valence-electron chi connectivity index (χ3n) is 4.00. The van der Waals surface area contributed by atoms with Crippen LogP contribution in [0, 0.1) is 13.8 Å². The molecule has 0 radical (unpaired) electrons. The molecule has 26 heavy (non-hydrogen) atoms. The predicted octanol–water partition coefficient (Wildman–Crippen LogP) is 6.10. The van der Waals surface area contributed by atoms with Crippen molar-refractivity contribution in [3.05, 3.63) is 62.4 Å². The standard InChI is InChI=1S/C22H30O3S/c1-8-25-21(23)14-16(3)11-9-10-15(2)12-13-20-17(4)22(18(5)24-7)26-19(20)6/h9-14,18H,8H2,1-7H3/b11-9+,13-12+,15-10+,16-14+. The number of thiophene rings is 1. The first-order valence-corrected chi connectivity index (χ1v) is 9.62. The Hall–Kier alpha value is -1.91. The van der Waals surface area contributed by atoms with Crippen LogP contribution in [0.25, 0.3) is 6.08 Å². The van der Waals surface area contributed by atoms with E-state index >= 15 is 0 Å². The van der Waals surface area contributed by atoms with Crippen LogP contribution in [0.15, 0.2) is 41.5 Å². The van der Waals surface area contributed by atoms with Gasteiger partial charge >= 0.3 is 5.97 Å². The Morgan fingerprint density at radius 3 is 2.50 bits per heavy atom. The second-order valence-electron chi connectivity index (χ2n) is 6.18. The number of carbonyl (C=O) groups is 1. The van der Waals surface area contributed by atoms with Crippen LogP contribution in [0.5, 0.6) is 0 Å². The molecule has 1 atom stereocenters. The summed E-state index contributed by atoms with van der Waals surface area (Å²) in [6, 6.07) is 0. The maximum Gasteiger partial charge on any atom is 0.330 e. The van der Waals surface area contributed by atoms with Gasteiger partial charge < -0.3 is 9.47 Å². The molecule has 0 spiro atoms. The third-order valence-corrected chi connectivity index (χ3v) is 5.39. The number of allylic oxidation sites excluding steroid dienone is 6. The lowest BCUT2D eigenvalue weighted by molar-refractivity contribution is -0.137. The first-order valence-electron chi connectivity index (χ1n) is 8.80. The molecule has 0 saturated heterocycles. The van der Waals surface area contributed by atoms with Gasteiger partial charge in [0.15, 0.2) is 0 Å². The molecule has 0 saturated carbocycles. The summed E-state index contributed by atoms with van der Waals surface area (Å²) in [7, 11) is 1.74. The van der Waals surface area contributed by atoms with Crippen LogP contribution in [0.1, 0.15) is 54.7 Å². The molecule has 1 aromatic heterocycles. The first-order chi connectivity index (χ1) is 12.3. The highest BCUT2D eigenvalue weighted by Gasteiger charge is 2.14. The van der Waals surface area contributed by atoms with Gasteiger partial charge in [-0.05, 0) is 58.2 Å². The van der Waals surface area contributed by atoms with E-state index < -0.39 is 0 Å². The third kappa shape index (κ3) is 6.77. The summed E-state index contributed by atoms with van der Waals surface area (Å²) in [6.07, 6.45) is 11.7. The summed E-state index contributed by atoms with van der Waals surface area (Å²) < 4.78 is 10.3. The summed E-state index contributed by atoms with van der Waals surface area (Å²) in [4.78, 5) is 14.0. The number of methoxy groups -OCH3 is 1. The number of rotatable bonds is 8. The van der Waals surface area contributed by atoms with Crippen LogP contribution in [0.2, 0.25) is 0 Å². The Labute approximate surface area is 161 Å². The molecule has 1 rings (SSSR count). The van der Waals surface area contributed by atoms with E-state index in [4.69, 9.17) is 9.47 Å². The van der Waals surface area contributed by atoms with Gasteiger partial charge in [-0.2, -0.15) is 0 Å². The number of aryl methyl sites for hydroxylation is 1. The van der Waals surface area contributed by atoms with Crippen molar-refractivity contribution in [1.29, 1.82) is 0 Å². The monoisotopic (exact) mass is 374 g/mol. The van der Waals surface area contributed by atoms with Crippen LogP contribution in [0.3, 0.4) is 0 Å². The van der Waals surface area contributed by atoms with Crippen molar-refractivity contribution >= 4 is 23.4 Å². The molecule has 0 aliphatic carbocycles. The van der Waals surface area contributed by atoms with Crippen molar-refractivity contribution in [1.82, 2.24) is 0 Å². The van der Waals surface area contributed by atoms with Crippen LogP contribution < -0.4 is 0 Å². The van der Waals surface area contributed by atoms with E-state index in [0.29, 0.717) is 6.61 Å². The summed E-state index contributed by atoms with van der Waals surface area (Å²) in [5.74, 6) is -0.306. The molecular formula is C22H30O3S. The lowest BCUT2D eigenvalue weighted by Crippen LogP contribution is -1.99. The Bertz CT molecular complexity index is 733. The molecule has 0 aliphatic heterocycles. The van der Waals surface area contributed by atoms with E-state index in [1.165, 1.54) is 27.0 Å². The quantitative estimate of drug-likeness (QED) is 0.313. The largest absolute Gasteiger partial charge is 0.463 e. The molecule has 0 bridgehead atoms. The van der Waals surface area contributed by atoms with Crippen LogP contribution in [-0.2, 0) is 14.3 Å². The lowest BCUT2D eigenvalue weighted by atomic mass is 10.1. The van der Waals surface area contributed by atoms with Crippen LogP contribution in [0.4, 0.5) is 0 Å². The molecule has 0 N–H and O–H groups in total. The smallest absolute Gasteiger partial charge is 0.330 e. The maximum atomic E-state index is 11.4. The highest BCUT2D eigenvalue weighted by Crippen LogP contribution is 2.34. The van der Waals surface area contributed by atoms with Gasteiger partial charge in [-0.1, -0.05) is 36.0 Å². The van der Waals surface area contributed by atoms with E-state index in [9.17, 15) is 4.79 Å². The fourth-order valence-corrected chi connectivity index (χ4v) is 3.66. The van der Waals surface area contributed by atoms with Gasteiger partial charge in [0.2, 0.25) is 0 Å². The Kier molecular flexibility index (Phi) is 9.31. The Balaban J connectivity index is 2.83. The molecule has 0 fully saturated rings. The first kappa shape index (κ1) is 22.1. The van der Waals surface area contributed by atoms with Crippen molar-refractivity contribution in [2.45, 2.75) is 47.6 Å². The highest BCUT2D eigenvalue weighted by molar-refractivity contribution is 7.12. The number of hydrogen-bond donors (Lipinski definition) is 0. The SMILES string of the molecule is CCOC(=O)/C=C(C)/C=C/C=C(C)/C=C/c1c(C)sc(C(C)OC)c1C. The normalized spacial score (nSPS) is 14.4. The molecule has 1 aromatic rings. The minimum Gasteiger partial charge on any atom is -0.463 e. The van der Waals surface area contributed by atoms with Gasteiger partial charge in [0, 0.05) is 22.9 Å². The van der Waals surface area contributed by atoms with Crippen molar-refractivity contribution in [3.63, 3.8) is 0 Å². The highest BCUT2D eigenvalue weighted by atomic mass is 32.1. The zero-order chi connectivity index (χ0) is 19.7. The van der Waals surface area contributed by atoms with Gasteiger partial charge in [0.1, 0.15) is 0 Å². The van der Waals surface area contributed by atoms with Gasteiger partial charge in [-0.25, -0.2) is 4.79 Å². The molecule has 142 valence electrons. The molecule has 4 heteroatoms. The van der Waals surface area contributed by atoms with E-state index in [-0.39, 0.29) is 12.1 Å². The molecule has 0 aromatic carbocycles. The van der Waals surface area contributed by atoms with E-state index in [2.05, 4.69) is 39.8 Å². The molecule has 0 amide bonds. The van der Waals surface area contributed by atoms with Gasteiger partial charge in [0.05, 0.1) is 12.7 Å². The van der Waals surface area contributed by atoms with Gasteiger partial charge in [0.25, 0.3) is 0 Å². The maximum absolute atomic E-state index is 11.4. The van der Waals surface area contributed by atoms with Crippen LogP contribution >= 0.6 is 11.3 Å². The predicted molar refractivity (Wildman–Crippen MR) is 112 cm³/mol. The molecule has 3 nitrogen and oxygen atoms in total. The zero-order valence-electron chi connectivity index (χ0n) is 16.9. The van der Waals surface area contributed by atoms with Crippen molar-refractivity contribution < 1.29 is 14.3 Å². The lowest BCUT2D eigenvalue weighted by Gasteiger charge is -2.08. The Morgan fingerprint density at radius 1 is 1.19 bits per heavy atom. The van der Waals surface area contributed by atoms with Crippen molar-refractivity contribution in [2.75, 3.05) is 13.7 Å². The van der Waals surface area contributed by atoms with E-state index in [1.54, 1.807) is 25.4 Å². The van der Waals surface area contributed by atoms with Gasteiger partial charge in [-0.15, -0.1) is 11.3 Å².